The van der Waals surface area contributed by atoms with Crippen LogP contribution in [0.5, 0.6) is 5.75 Å². The van der Waals surface area contributed by atoms with Crippen molar-refractivity contribution in [3.63, 3.8) is 0 Å². The van der Waals surface area contributed by atoms with E-state index in [9.17, 15) is 0 Å². The van der Waals surface area contributed by atoms with Crippen molar-refractivity contribution >= 4 is 5.82 Å². The Morgan fingerprint density at radius 2 is 2.05 bits per heavy atom. The first kappa shape index (κ1) is 14.2. The van der Waals surface area contributed by atoms with E-state index in [1.165, 1.54) is 0 Å². The number of pyridine rings is 1. The van der Waals surface area contributed by atoms with Gasteiger partial charge in [-0.05, 0) is 26.3 Å². The first-order valence-electron chi connectivity index (χ1n) is 6.90. The number of ether oxygens (including phenoxy) is 1. The molecule has 5 heteroatoms. The molecule has 0 aliphatic carbocycles. The second-order valence-electron chi connectivity index (χ2n) is 4.46. The summed E-state index contributed by atoms with van der Waals surface area (Å²) in [6.45, 7) is 7.61. The Morgan fingerprint density at radius 1 is 1.20 bits per heavy atom. The van der Waals surface area contributed by atoms with Gasteiger partial charge < -0.3 is 10.1 Å². The lowest BCUT2D eigenvalue weighted by Crippen LogP contribution is -2.05. The summed E-state index contributed by atoms with van der Waals surface area (Å²) in [6.07, 6.45) is 6.13. The predicted molar refractivity (Wildman–Crippen MR) is 79.9 cm³/mol. The summed E-state index contributed by atoms with van der Waals surface area (Å²) in [4.78, 5) is 12.9. The number of aromatic nitrogens is 3. The SMILES string of the molecule is CCCNc1ncnc(-c2cncc(OCC)c2)c1C. The van der Waals surface area contributed by atoms with Gasteiger partial charge in [0.15, 0.2) is 0 Å². The summed E-state index contributed by atoms with van der Waals surface area (Å²) in [5.41, 5.74) is 2.85. The number of rotatable bonds is 6. The van der Waals surface area contributed by atoms with E-state index in [0.29, 0.717) is 6.61 Å². The molecule has 106 valence electrons. The molecular formula is C15H20N4O. The van der Waals surface area contributed by atoms with Crippen LogP contribution in [0.1, 0.15) is 25.8 Å². The van der Waals surface area contributed by atoms with Gasteiger partial charge in [-0.3, -0.25) is 4.98 Å². The molecule has 20 heavy (non-hydrogen) atoms. The molecule has 5 nitrogen and oxygen atoms in total. The lowest BCUT2D eigenvalue weighted by molar-refractivity contribution is 0.339. The zero-order valence-electron chi connectivity index (χ0n) is 12.2. The van der Waals surface area contributed by atoms with Crippen LogP contribution in [0, 0.1) is 6.92 Å². The van der Waals surface area contributed by atoms with Crippen molar-refractivity contribution in [3.05, 3.63) is 30.4 Å². The molecule has 2 aromatic heterocycles. The van der Waals surface area contributed by atoms with Gasteiger partial charge >= 0.3 is 0 Å². The van der Waals surface area contributed by atoms with Crippen LogP contribution in [0.4, 0.5) is 5.82 Å². The number of hydrogen-bond donors (Lipinski definition) is 1. The second-order valence-corrected chi connectivity index (χ2v) is 4.46. The lowest BCUT2D eigenvalue weighted by atomic mass is 10.1. The predicted octanol–water partition coefficient (Wildman–Crippen LogP) is 3.07. The maximum Gasteiger partial charge on any atom is 0.138 e. The Labute approximate surface area is 119 Å². The summed E-state index contributed by atoms with van der Waals surface area (Å²) in [5, 5.41) is 3.31. The largest absolute Gasteiger partial charge is 0.492 e. The van der Waals surface area contributed by atoms with Gasteiger partial charge in [0.1, 0.15) is 17.9 Å². The number of hydrogen-bond acceptors (Lipinski definition) is 5. The molecule has 0 amide bonds. The first-order chi connectivity index (χ1) is 9.76. The van der Waals surface area contributed by atoms with Crippen molar-refractivity contribution in [1.82, 2.24) is 15.0 Å². The third-order valence-electron chi connectivity index (χ3n) is 2.92. The lowest BCUT2D eigenvalue weighted by Gasteiger charge is -2.11. The third-order valence-corrected chi connectivity index (χ3v) is 2.92. The van der Waals surface area contributed by atoms with Crippen LogP contribution >= 0.6 is 0 Å². The van der Waals surface area contributed by atoms with Gasteiger partial charge in [-0.2, -0.15) is 0 Å². The molecule has 0 fully saturated rings. The molecule has 0 aliphatic heterocycles. The second kappa shape index (κ2) is 6.84. The molecule has 2 heterocycles. The summed E-state index contributed by atoms with van der Waals surface area (Å²) >= 11 is 0. The maximum absolute atomic E-state index is 5.48. The smallest absolute Gasteiger partial charge is 0.138 e. The van der Waals surface area contributed by atoms with Gasteiger partial charge in [-0.25, -0.2) is 9.97 Å². The van der Waals surface area contributed by atoms with Crippen LogP contribution in [0.15, 0.2) is 24.8 Å². The van der Waals surface area contributed by atoms with Gasteiger partial charge in [-0.1, -0.05) is 6.92 Å². The van der Waals surface area contributed by atoms with E-state index in [1.807, 2.05) is 19.9 Å². The van der Waals surface area contributed by atoms with Crippen LogP contribution < -0.4 is 10.1 Å². The number of anilines is 1. The molecule has 2 aromatic rings. The topological polar surface area (TPSA) is 59.9 Å². The third kappa shape index (κ3) is 3.23. The molecule has 0 radical (unpaired) electrons. The van der Waals surface area contributed by atoms with Crippen molar-refractivity contribution in [2.75, 3.05) is 18.5 Å². The van der Waals surface area contributed by atoms with Crippen molar-refractivity contribution in [2.45, 2.75) is 27.2 Å². The number of nitrogens with one attached hydrogen (secondary N) is 1. The monoisotopic (exact) mass is 272 g/mol. The highest BCUT2D eigenvalue weighted by atomic mass is 16.5. The molecule has 0 saturated heterocycles. The van der Waals surface area contributed by atoms with E-state index >= 15 is 0 Å². The molecule has 0 bridgehead atoms. The molecule has 0 unspecified atom stereocenters. The van der Waals surface area contributed by atoms with Gasteiger partial charge in [0.25, 0.3) is 0 Å². The molecular weight excluding hydrogens is 252 g/mol. The molecule has 0 spiro atoms. The van der Waals surface area contributed by atoms with E-state index in [0.717, 1.165) is 41.4 Å². The molecule has 2 rings (SSSR count). The van der Waals surface area contributed by atoms with Gasteiger partial charge in [-0.15, -0.1) is 0 Å². The van der Waals surface area contributed by atoms with Crippen molar-refractivity contribution in [1.29, 1.82) is 0 Å². The van der Waals surface area contributed by atoms with E-state index < -0.39 is 0 Å². The minimum atomic E-state index is 0.622. The first-order valence-corrected chi connectivity index (χ1v) is 6.90. The molecule has 0 atom stereocenters. The minimum Gasteiger partial charge on any atom is -0.492 e. The fraction of sp³-hybridized carbons (Fsp3) is 0.400. The molecule has 0 saturated carbocycles. The van der Waals surface area contributed by atoms with Gasteiger partial charge in [0, 0.05) is 23.9 Å². The van der Waals surface area contributed by atoms with Crippen LogP contribution in [0.2, 0.25) is 0 Å². The Kier molecular flexibility index (Phi) is 4.87. The molecule has 0 aromatic carbocycles. The standard InChI is InChI=1S/C15H20N4O/c1-4-6-17-15-11(3)14(18-10-19-15)12-7-13(20-5-2)9-16-8-12/h7-10H,4-6H2,1-3H3,(H,17,18,19). The van der Waals surface area contributed by atoms with Crippen LogP contribution in [0.3, 0.4) is 0 Å². The Bertz CT molecular complexity index is 572. The van der Waals surface area contributed by atoms with Gasteiger partial charge in [0.2, 0.25) is 0 Å². The van der Waals surface area contributed by atoms with E-state index in [2.05, 4.69) is 27.2 Å². The van der Waals surface area contributed by atoms with E-state index in [1.54, 1.807) is 18.7 Å². The average molecular weight is 272 g/mol. The average Bonchev–Trinajstić information content (AvgIpc) is 2.47. The van der Waals surface area contributed by atoms with E-state index in [-0.39, 0.29) is 0 Å². The summed E-state index contributed by atoms with van der Waals surface area (Å²) in [7, 11) is 0. The highest BCUT2D eigenvalue weighted by molar-refractivity contribution is 5.68. The van der Waals surface area contributed by atoms with Crippen LogP contribution in [-0.2, 0) is 0 Å². The number of nitrogens with zero attached hydrogens (tertiary/aromatic N) is 3. The van der Waals surface area contributed by atoms with Crippen molar-refractivity contribution in [2.24, 2.45) is 0 Å². The Balaban J connectivity index is 2.34. The summed E-state index contributed by atoms with van der Waals surface area (Å²) in [5.74, 6) is 1.63. The quantitative estimate of drug-likeness (QED) is 0.875. The highest BCUT2D eigenvalue weighted by Gasteiger charge is 2.10. The summed E-state index contributed by atoms with van der Waals surface area (Å²) in [6, 6.07) is 1.95. The maximum atomic E-state index is 5.48. The van der Waals surface area contributed by atoms with Gasteiger partial charge in [0.05, 0.1) is 18.5 Å². The van der Waals surface area contributed by atoms with Crippen molar-refractivity contribution < 1.29 is 4.74 Å². The highest BCUT2D eigenvalue weighted by Crippen LogP contribution is 2.26. The normalized spacial score (nSPS) is 10.3. The zero-order valence-corrected chi connectivity index (χ0v) is 12.2. The fourth-order valence-corrected chi connectivity index (χ4v) is 1.96. The molecule has 0 aliphatic rings. The molecule has 1 N–H and O–H groups in total. The van der Waals surface area contributed by atoms with Crippen molar-refractivity contribution in [3.8, 4) is 17.0 Å². The summed E-state index contributed by atoms with van der Waals surface area (Å²) < 4.78 is 5.48. The Hall–Kier alpha value is -2.17. The Morgan fingerprint density at radius 3 is 2.80 bits per heavy atom. The fourth-order valence-electron chi connectivity index (χ4n) is 1.96. The van der Waals surface area contributed by atoms with Crippen LogP contribution in [0.25, 0.3) is 11.3 Å². The van der Waals surface area contributed by atoms with Crippen LogP contribution in [-0.4, -0.2) is 28.1 Å². The zero-order chi connectivity index (χ0) is 14.4. The van der Waals surface area contributed by atoms with E-state index in [4.69, 9.17) is 4.74 Å². The minimum absolute atomic E-state index is 0.622.